The lowest BCUT2D eigenvalue weighted by atomic mass is 9.67. The van der Waals surface area contributed by atoms with Gasteiger partial charge in [-0.1, -0.05) is 188 Å². The van der Waals surface area contributed by atoms with Crippen molar-refractivity contribution in [2.45, 2.75) is 5.41 Å². The standard InChI is InChI=1S/C56H35NO/c1-4-16-37(17-5-1)52-53-44-23-11-14-26-49(44)57-55(46(53)35-51-54(52)45-24-12-15-27-50(45)58-51)38-30-28-36(29-31-38)39-32-33-43-42-22-10-13-25-47(42)56(48(43)34-39,40-18-6-2-7-19-40)41-20-8-3-9-21-41/h1-35H. The zero-order chi connectivity index (χ0) is 38.2. The molecule has 11 aromatic rings. The van der Waals surface area contributed by atoms with Gasteiger partial charge in [0.05, 0.1) is 16.6 Å². The SMILES string of the molecule is c1ccc(-c2c3c(cc4c(-c5ccc(-c6ccc7c(c6)C(c6ccccc6)(c6ccccc6)c6ccccc6-7)cc5)nc5ccccc5c24)oc2ccccc23)cc1. The molecule has 0 bridgehead atoms. The zero-order valence-corrected chi connectivity index (χ0v) is 31.6. The van der Waals surface area contributed by atoms with Crippen LogP contribution in [0.5, 0.6) is 0 Å². The molecule has 0 unspecified atom stereocenters. The molecule has 2 aromatic heterocycles. The summed E-state index contributed by atoms with van der Waals surface area (Å²) in [6.45, 7) is 0. The van der Waals surface area contributed by atoms with Crippen molar-refractivity contribution in [2.75, 3.05) is 0 Å². The lowest BCUT2D eigenvalue weighted by molar-refractivity contribution is 0.669. The molecule has 9 aromatic carbocycles. The fraction of sp³-hybridized carbons (Fsp3) is 0.0179. The lowest BCUT2D eigenvalue weighted by Gasteiger charge is -2.34. The van der Waals surface area contributed by atoms with E-state index in [1.807, 2.05) is 6.07 Å². The number of furan rings is 1. The molecule has 0 fully saturated rings. The maximum Gasteiger partial charge on any atom is 0.136 e. The summed E-state index contributed by atoms with van der Waals surface area (Å²) >= 11 is 0. The summed E-state index contributed by atoms with van der Waals surface area (Å²) in [5.74, 6) is 0. The Morgan fingerprint density at radius 2 is 0.948 bits per heavy atom. The first kappa shape index (κ1) is 32.7. The topological polar surface area (TPSA) is 26.0 Å². The highest BCUT2D eigenvalue weighted by Crippen LogP contribution is 2.57. The van der Waals surface area contributed by atoms with Gasteiger partial charge in [-0.2, -0.15) is 0 Å². The first-order valence-corrected chi connectivity index (χ1v) is 20.0. The first-order valence-electron chi connectivity index (χ1n) is 20.0. The van der Waals surface area contributed by atoms with Crippen molar-refractivity contribution in [1.29, 1.82) is 0 Å². The summed E-state index contributed by atoms with van der Waals surface area (Å²) in [6, 6.07) is 76.8. The fourth-order valence-corrected chi connectivity index (χ4v) is 9.87. The van der Waals surface area contributed by atoms with Crippen molar-refractivity contribution in [1.82, 2.24) is 4.98 Å². The Morgan fingerprint density at radius 1 is 0.362 bits per heavy atom. The second-order valence-corrected chi connectivity index (χ2v) is 15.4. The van der Waals surface area contributed by atoms with E-state index in [9.17, 15) is 0 Å². The van der Waals surface area contributed by atoms with E-state index in [0.29, 0.717) is 0 Å². The summed E-state index contributed by atoms with van der Waals surface area (Å²) < 4.78 is 6.62. The van der Waals surface area contributed by atoms with Crippen LogP contribution < -0.4 is 0 Å². The molecule has 0 saturated carbocycles. The molecule has 0 N–H and O–H groups in total. The van der Waals surface area contributed by atoms with Crippen LogP contribution in [0.1, 0.15) is 22.3 Å². The van der Waals surface area contributed by atoms with Crippen LogP contribution in [-0.2, 0) is 5.41 Å². The highest BCUT2D eigenvalue weighted by atomic mass is 16.3. The molecule has 2 heterocycles. The van der Waals surface area contributed by atoms with Crippen molar-refractivity contribution in [3.05, 3.63) is 235 Å². The normalized spacial score (nSPS) is 13.0. The van der Waals surface area contributed by atoms with Crippen molar-refractivity contribution in [3.63, 3.8) is 0 Å². The van der Waals surface area contributed by atoms with Crippen LogP contribution in [0.15, 0.2) is 217 Å². The second-order valence-electron chi connectivity index (χ2n) is 15.4. The Bertz CT molecular complexity index is 3320. The van der Waals surface area contributed by atoms with Crippen LogP contribution in [0, 0.1) is 0 Å². The van der Waals surface area contributed by atoms with Gasteiger partial charge < -0.3 is 4.42 Å². The van der Waals surface area contributed by atoms with Crippen LogP contribution in [0.25, 0.3) is 88.3 Å². The Morgan fingerprint density at radius 3 is 1.71 bits per heavy atom. The summed E-state index contributed by atoms with van der Waals surface area (Å²) in [6.07, 6.45) is 0. The van der Waals surface area contributed by atoms with E-state index in [2.05, 4.69) is 206 Å². The van der Waals surface area contributed by atoms with E-state index in [4.69, 9.17) is 9.40 Å². The smallest absolute Gasteiger partial charge is 0.136 e. The van der Waals surface area contributed by atoms with Gasteiger partial charge in [0.25, 0.3) is 0 Å². The Kier molecular flexibility index (Phi) is 7.18. The molecule has 58 heavy (non-hydrogen) atoms. The van der Waals surface area contributed by atoms with Gasteiger partial charge >= 0.3 is 0 Å². The van der Waals surface area contributed by atoms with E-state index in [-0.39, 0.29) is 0 Å². The van der Waals surface area contributed by atoms with Gasteiger partial charge in [0.1, 0.15) is 11.2 Å². The van der Waals surface area contributed by atoms with Crippen LogP contribution in [0.4, 0.5) is 0 Å². The predicted molar refractivity (Wildman–Crippen MR) is 240 cm³/mol. The van der Waals surface area contributed by atoms with Gasteiger partial charge in [-0.15, -0.1) is 0 Å². The van der Waals surface area contributed by atoms with Gasteiger partial charge in [0.2, 0.25) is 0 Å². The quantitative estimate of drug-likeness (QED) is 0.164. The number of nitrogens with zero attached hydrogens (tertiary/aromatic N) is 1. The zero-order valence-electron chi connectivity index (χ0n) is 31.6. The van der Waals surface area contributed by atoms with Crippen LogP contribution in [-0.4, -0.2) is 4.98 Å². The minimum atomic E-state index is -0.448. The second kappa shape index (κ2) is 12.7. The van der Waals surface area contributed by atoms with Crippen molar-refractivity contribution in [2.24, 2.45) is 0 Å². The monoisotopic (exact) mass is 737 g/mol. The van der Waals surface area contributed by atoms with Crippen LogP contribution in [0.2, 0.25) is 0 Å². The molecular weight excluding hydrogens is 703 g/mol. The molecular formula is C56H35NO. The molecule has 2 nitrogen and oxygen atoms in total. The molecule has 0 saturated heterocycles. The number of hydrogen-bond donors (Lipinski definition) is 0. The molecule has 1 aliphatic carbocycles. The highest BCUT2D eigenvalue weighted by molar-refractivity contribution is 6.27. The maximum absolute atomic E-state index is 6.62. The van der Waals surface area contributed by atoms with Crippen LogP contribution >= 0.6 is 0 Å². The molecule has 12 rings (SSSR count). The summed E-state index contributed by atoms with van der Waals surface area (Å²) in [7, 11) is 0. The predicted octanol–water partition coefficient (Wildman–Crippen LogP) is 14.7. The van der Waals surface area contributed by atoms with E-state index in [0.717, 1.165) is 60.6 Å². The summed E-state index contributed by atoms with van der Waals surface area (Å²) in [5.41, 5.74) is 16.7. The molecule has 0 spiro atoms. The number of para-hydroxylation sites is 2. The Balaban J connectivity index is 1.06. The minimum absolute atomic E-state index is 0.448. The largest absolute Gasteiger partial charge is 0.456 e. The molecule has 270 valence electrons. The molecule has 1 aliphatic rings. The minimum Gasteiger partial charge on any atom is -0.456 e. The van der Waals surface area contributed by atoms with Crippen molar-refractivity contribution < 1.29 is 4.42 Å². The third-order valence-electron chi connectivity index (χ3n) is 12.3. The molecule has 2 heteroatoms. The average Bonchev–Trinajstić information content (AvgIpc) is 3.82. The van der Waals surface area contributed by atoms with E-state index in [1.54, 1.807) is 0 Å². The molecule has 0 aliphatic heterocycles. The van der Waals surface area contributed by atoms with Crippen molar-refractivity contribution in [3.8, 4) is 44.6 Å². The molecule has 0 amide bonds. The van der Waals surface area contributed by atoms with Crippen molar-refractivity contribution >= 4 is 43.6 Å². The third-order valence-corrected chi connectivity index (χ3v) is 12.3. The fourth-order valence-electron chi connectivity index (χ4n) is 9.87. The number of rotatable bonds is 5. The number of aromatic nitrogens is 1. The summed E-state index contributed by atoms with van der Waals surface area (Å²) in [5, 5.41) is 5.64. The lowest BCUT2D eigenvalue weighted by Crippen LogP contribution is -2.28. The van der Waals surface area contributed by atoms with Gasteiger partial charge in [0, 0.05) is 38.1 Å². The van der Waals surface area contributed by atoms with Gasteiger partial charge in [-0.3, -0.25) is 0 Å². The average molecular weight is 738 g/mol. The van der Waals surface area contributed by atoms with Gasteiger partial charge in [-0.25, -0.2) is 4.98 Å². The Hall–Kier alpha value is -7.55. The number of fused-ring (bicyclic) bond motifs is 9. The van der Waals surface area contributed by atoms with E-state index in [1.165, 1.54) is 49.9 Å². The van der Waals surface area contributed by atoms with E-state index >= 15 is 0 Å². The van der Waals surface area contributed by atoms with Gasteiger partial charge in [-0.05, 0) is 74.3 Å². The number of hydrogen-bond acceptors (Lipinski definition) is 2. The molecule has 0 radical (unpaired) electrons. The number of pyridine rings is 1. The van der Waals surface area contributed by atoms with Gasteiger partial charge in [0.15, 0.2) is 0 Å². The summed E-state index contributed by atoms with van der Waals surface area (Å²) in [4.78, 5) is 5.39. The highest BCUT2D eigenvalue weighted by Gasteiger charge is 2.46. The third kappa shape index (κ3) is 4.69. The first-order chi connectivity index (χ1) is 28.8. The molecule has 0 atom stereocenters. The van der Waals surface area contributed by atoms with E-state index < -0.39 is 5.41 Å². The number of benzene rings is 9. The Labute approximate surface area is 336 Å². The van der Waals surface area contributed by atoms with Crippen LogP contribution in [0.3, 0.4) is 0 Å². The maximum atomic E-state index is 6.62.